The summed E-state index contributed by atoms with van der Waals surface area (Å²) in [5.74, 6) is -0.101. The van der Waals surface area contributed by atoms with E-state index in [1.54, 1.807) is 42.1 Å². The number of aromatic nitrogens is 4. The highest BCUT2D eigenvalue weighted by atomic mass is 79.9. The minimum Gasteiger partial charge on any atom is -0.334 e. The number of aryl methyl sites for hydroxylation is 2. The highest BCUT2D eigenvalue weighted by Gasteiger charge is 2.17. The predicted octanol–water partition coefficient (Wildman–Crippen LogP) is 1.67. The second-order valence-electron chi connectivity index (χ2n) is 4.29. The molecule has 2 aromatic heterocycles. The lowest BCUT2D eigenvalue weighted by Crippen LogP contribution is -2.28. The summed E-state index contributed by atoms with van der Waals surface area (Å²) in [6.45, 7) is 3.28. The summed E-state index contributed by atoms with van der Waals surface area (Å²) in [7, 11) is 3.55. The Morgan fingerprint density at radius 1 is 1.53 bits per heavy atom. The van der Waals surface area contributed by atoms with Crippen molar-refractivity contribution in [1.82, 2.24) is 24.5 Å². The molecule has 0 saturated carbocycles. The van der Waals surface area contributed by atoms with Crippen LogP contribution in [0, 0.1) is 0 Å². The molecule has 0 atom stereocenters. The zero-order chi connectivity index (χ0) is 14.0. The van der Waals surface area contributed by atoms with Crippen LogP contribution in [0.25, 0.3) is 0 Å². The van der Waals surface area contributed by atoms with E-state index in [1.165, 1.54) is 0 Å². The Balaban J connectivity index is 2.14. The second kappa shape index (κ2) is 5.56. The summed E-state index contributed by atoms with van der Waals surface area (Å²) in [5, 5.41) is 8.35. The molecule has 0 unspecified atom stereocenters. The molecule has 2 rings (SSSR count). The molecule has 0 aliphatic heterocycles. The molecule has 0 spiro atoms. The SMILES string of the molecule is CCn1ncc(Br)c1CN(C)C(=O)c1ccn(C)n1. The molecule has 7 heteroatoms. The fraction of sp³-hybridized carbons (Fsp3) is 0.417. The number of hydrogen-bond acceptors (Lipinski definition) is 3. The molecule has 0 aromatic carbocycles. The molecule has 6 nitrogen and oxygen atoms in total. The van der Waals surface area contributed by atoms with Gasteiger partial charge in [0.05, 0.1) is 22.9 Å². The Bertz CT molecular complexity index is 589. The van der Waals surface area contributed by atoms with Crippen molar-refractivity contribution in [2.75, 3.05) is 7.05 Å². The van der Waals surface area contributed by atoms with Gasteiger partial charge in [0.1, 0.15) is 5.69 Å². The molecule has 19 heavy (non-hydrogen) atoms. The third-order valence-electron chi connectivity index (χ3n) is 2.86. The largest absolute Gasteiger partial charge is 0.334 e. The average molecular weight is 326 g/mol. The van der Waals surface area contributed by atoms with Gasteiger partial charge in [0.25, 0.3) is 5.91 Å². The van der Waals surface area contributed by atoms with Gasteiger partial charge < -0.3 is 4.90 Å². The number of halogens is 1. The quantitative estimate of drug-likeness (QED) is 0.859. The van der Waals surface area contributed by atoms with E-state index in [2.05, 4.69) is 26.1 Å². The van der Waals surface area contributed by atoms with Gasteiger partial charge in [-0.15, -0.1) is 0 Å². The summed E-state index contributed by atoms with van der Waals surface area (Å²) in [4.78, 5) is 13.8. The standard InChI is InChI=1S/C12H16BrN5O/c1-4-18-11(9(13)7-14-18)8-16(2)12(19)10-5-6-17(3)15-10/h5-7H,4,8H2,1-3H3. The second-order valence-corrected chi connectivity index (χ2v) is 5.15. The number of nitrogens with zero attached hydrogens (tertiary/aromatic N) is 5. The first-order valence-corrected chi connectivity index (χ1v) is 6.77. The summed E-state index contributed by atoms with van der Waals surface area (Å²) >= 11 is 3.45. The lowest BCUT2D eigenvalue weighted by molar-refractivity contribution is 0.0774. The van der Waals surface area contributed by atoms with E-state index in [9.17, 15) is 4.79 Å². The molecule has 0 aliphatic rings. The Morgan fingerprint density at radius 2 is 2.26 bits per heavy atom. The monoisotopic (exact) mass is 325 g/mol. The van der Waals surface area contributed by atoms with Crippen molar-refractivity contribution in [3.8, 4) is 0 Å². The Labute approximate surface area is 120 Å². The van der Waals surface area contributed by atoms with Crippen LogP contribution >= 0.6 is 15.9 Å². The zero-order valence-corrected chi connectivity index (χ0v) is 12.8. The topological polar surface area (TPSA) is 56.0 Å². The van der Waals surface area contributed by atoms with Gasteiger partial charge in [0, 0.05) is 26.8 Å². The molecule has 0 bridgehead atoms. The lowest BCUT2D eigenvalue weighted by Gasteiger charge is -2.17. The zero-order valence-electron chi connectivity index (χ0n) is 11.2. The molecular formula is C12H16BrN5O. The van der Waals surface area contributed by atoms with Crippen LogP contribution in [-0.4, -0.2) is 37.4 Å². The van der Waals surface area contributed by atoms with E-state index in [4.69, 9.17) is 0 Å². The molecule has 0 aliphatic carbocycles. The average Bonchev–Trinajstić information content (AvgIpc) is 2.96. The highest BCUT2D eigenvalue weighted by Crippen LogP contribution is 2.18. The van der Waals surface area contributed by atoms with Crippen LogP contribution in [-0.2, 0) is 20.1 Å². The lowest BCUT2D eigenvalue weighted by atomic mass is 10.3. The minimum atomic E-state index is -0.101. The fourth-order valence-electron chi connectivity index (χ4n) is 1.84. The maximum Gasteiger partial charge on any atom is 0.274 e. The molecule has 0 radical (unpaired) electrons. The fourth-order valence-corrected chi connectivity index (χ4v) is 2.26. The van der Waals surface area contributed by atoms with Gasteiger partial charge in [0.15, 0.2) is 0 Å². The first-order chi connectivity index (χ1) is 9.02. The van der Waals surface area contributed by atoms with Crippen LogP contribution < -0.4 is 0 Å². The molecule has 2 aromatic rings. The Morgan fingerprint density at radius 3 is 2.84 bits per heavy atom. The van der Waals surface area contributed by atoms with Gasteiger partial charge in [-0.1, -0.05) is 0 Å². The van der Waals surface area contributed by atoms with Crippen molar-refractivity contribution in [2.24, 2.45) is 7.05 Å². The van der Waals surface area contributed by atoms with Crippen LogP contribution in [0.3, 0.4) is 0 Å². The van der Waals surface area contributed by atoms with E-state index >= 15 is 0 Å². The van der Waals surface area contributed by atoms with Crippen molar-refractivity contribution < 1.29 is 4.79 Å². The number of hydrogen-bond donors (Lipinski definition) is 0. The van der Waals surface area contributed by atoms with Gasteiger partial charge in [-0.2, -0.15) is 10.2 Å². The molecule has 0 fully saturated rings. The van der Waals surface area contributed by atoms with Crippen LogP contribution in [0.15, 0.2) is 22.9 Å². The Kier molecular flexibility index (Phi) is 4.04. The molecule has 0 saturated heterocycles. The normalized spacial score (nSPS) is 10.7. The van der Waals surface area contributed by atoms with Gasteiger partial charge in [-0.25, -0.2) is 0 Å². The third-order valence-corrected chi connectivity index (χ3v) is 3.53. The van der Waals surface area contributed by atoms with E-state index in [0.29, 0.717) is 12.2 Å². The smallest absolute Gasteiger partial charge is 0.274 e. The van der Waals surface area contributed by atoms with Crippen molar-refractivity contribution in [1.29, 1.82) is 0 Å². The van der Waals surface area contributed by atoms with Gasteiger partial charge in [-0.05, 0) is 28.9 Å². The van der Waals surface area contributed by atoms with E-state index < -0.39 is 0 Å². The Hall–Kier alpha value is -1.63. The van der Waals surface area contributed by atoms with E-state index in [0.717, 1.165) is 16.7 Å². The summed E-state index contributed by atoms with van der Waals surface area (Å²) in [5.41, 5.74) is 1.43. The minimum absolute atomic E-state index is 0.101. The summed E-state index contributed by atoms with van der Waals surface area (Å²) in [6.07, 6.45) is 3.51. The van der Waals surface area contributed by atoms with Crippen molar-refractivity contribution in [3.05, 3.63) is 34.3 Å². The van der Waals surface area contributed by atoms with Crippen molar-refractivity contribution >= 4 is 21.8 Å². The van der Waals surface area contributed by atoms with Gasteiger partial charge >= 0.3 is 0 Å². The third kappa shape index (κ3) is 2.86. The van der Waals surface area contributed by atoms with Gasteiger partial charge in [0.2, 0.25) is 0 Å². The van der Waals surface area contributed by atoms with Crippen LogP contribution in [0.4, 0.5) is 0 Å². The first-order valence-electron chi connectivity index (χ1n) is 5.98. The van der Waals surface area contributed by atoms with Crippen LogP contribution in [0.1, 0.15) is 23.1 Å². The number of amides is 1. The number of carbonyl (C=O) groups excluding carboxylic acids is 1. The molecule has 102 valence electrons. The number of carbonyl (C=O) groups is 1. The highest BCUT2D eigenvalue weighted by molar-refractivity contribution is 9.10. The van der Waals surface area contributed by atoms with E-state index in [1.807, 2.05) is 11.6 Å². The molecule has 1 amide bonds. The predicted molar refractivity (Wildman–Crippen MR) is 74.6 cm³/mol. The summed E-state index contributed by atoms with van der Waals surface area (Å²) in [6, 6.07) is 1.71. The van der Waals surface area contributed by atoms with Crippen molar-refractivity contribution in [3.63, 3.8) is 0 Å². The van der Waals surface area contributed by atoms with E-state index in [-0.39, 0.29) is 5.91 Å². The van der Waals surface area contributed by atoms with Gasteiger partial charge in [-0.3, -0.25) is 14.2 Å². The maximum atomic E-state index is 12.2. The molecule has 2 heterocycles. The van der Waals surface area contributed by atoms with Crippen molar-refractivity contribution in [2.45, 2.75) is 20.0 Å². The molecule has 0 N–H and O–H groups in total. The first kappa shape index (κ1) is 13.8. The molecular weight excluding hydrogens is 310 g/mol. The maximum absolute atomic E-state index is 12.2. The summed E-state index contributed by atoms with van der Waals surface area (Å²) < 4.78 is 4.40. The number of rotatable bonds is 4. The van der Waals surface area contributed by atoms with Crippen LogP contribution in [0.5, 0.6) is 0 Å². The van der Waals surface area contributed by atoms with Crippen LogP contribution in [0.2, 0.25) is 0 Å².